The van der Waals surface area contributed by atoms with Crippen molar-refractivity contribution in [1.82, 2.24) is 10.2 Å². The fraction of sp³-hybridized carbons (Fsp3) is 0.500. The van der Waals surface area contributed by atoms with Gasteiger partial charge in [-0.2, -0.15) is 0 Å². The molecule has 0 atom stereocenters. The molecule has 0 aliphatic carbocycles. The van der Waals surface area contributed by atoms with E-state index in [4.69, 9.17) is 4.74 Å². The number of nitrogens with one attached hydrogen (secondary N) is 1. The number of carbonyl (C=O) groups excluding carboxylic acids is 1. The molecule has 0 aromatic heterocycles. The summed E-state index contributed by atoms with van der Waals surface area (Å²) in [4.78, 5) is 13.9. The van der Waals surface area contributed by atoms with Crippen LogP contribution in [-0.4, -0.2) is 43.6 Å². The van der Waals surface area contributed by atoms with Crippen LogP contribution in [-0.2, 0) is 16.1 Å². The van der Waals surface area contributed by atoms with Crippen LogP contribution in [0.5, 0.6) is 0 Å². The molecule has 0 unspecified atom stereocenters. The summed E-state index contributed by atoms with van der Waals surface area (Å²) in [5, 5.41) is 3.29. The van der Waals surface area contributed by atoms with Gasteiger partial charge in [0.05, 0.1) is 6.42 Å². The van der Waals surface area contributed by atoms with E-state index in [1.807, 2.05) is 30.3 Å². The maximum atomic E-state index is 11.6. The Kier molecular flexibility index (Phi) is 5.17. The van der Waals surface area contributed by atoms with Gasteiger partial charge in [0.25, 0.3) is 0 Å². The summed E-state index contributed by atoms with van der Waals surface area (Å²) >= 11 is 0. The third-order valence-corrected chi connectivity index (χ3v) is 3.08. The molecule has 4 nitrogen and oxygen atoms in total. The summed E-state index contributed by atoms with van der Waals surface area (Å²) in [5.41, 5.74) is 1.04. The smallest absolute Gasteiger partial charge is 0.307 e. The molecule has 0 radical (unpaired) electrons. The van der Waals surface area contributed by atoms with Gasteiger partial charge in [-0.15, -0.1) is 0 Å². The number of rotatable bonds is 5. The summed E-state index contributed by atoms with van der Waals surface area (Å²) in [6.07, 6.45) is 0.479. The van der Waals surface area contributed by atoms with Crippen molar-refractivity contribution in [2.24, 2.45) is 0 Å². The van der Waals surface area contributed by atoms with Gasteiger partial charge in [-0.05, 0) is 5.56 Å². The van der Waals surface area contributed by atoms with Crippen molar-refractivity contribution in [2.45, 2.75) is 13.0 Å². The molecule has 1 N–H and O–H groups in total. The highest BCUT2D eigenvalue weighted by molar-refractivity contribution is 5.69. The molecule has 1 aliphatic rings. The Morgan fingerprint density at radius 2 is 1.94 bits per heavy atom. The van der Waals surface area contributed by atoms with Crippen molar-refractivity contribution in [2.75, 3.05) is 32.7 Å². The first kappa shape index (κ1) is 13.1. The van der Waals surface area contributed by atoms with E-state index in [1.54, 1.807) is 0 Å². The van der Waals surface area contributed by atoms with Crippen molar-refractivity contribution in [1.29, 1.82) is 0 Å². The van der Waals surface area contributed by atoms with Gasteiger partial charge < -0.3 is 15.0 Å². The topological polar surface area (TPSA) is 41.6 Å². The van der Waals surface area contributed by atoms with Crippen LogP contribution in [0.25, 0.3) is 0 Å². The monoisotopic (exact) mass is 248 g/mol. The second-order valence-electron chi connectivity index (χ2n) is 4.49. The quantitative estimate of drug-likeness (QED) is 0.790. The fourth-order valence-corrected chi connectivity index (χ4v) is 1.99. The first-order chi connectivity index (χ1) is 8.84. The van der Waals surface area contributed by atoms with Crippen LogP contribution in [0.1, 0.15) is 12.0 Å². The number of hydrogen-bond acceptors (Lipinski definition) is 4. The second kappa shape index (κ2) is 7.13. The van der Waals surface area contributed by atoms with Crippen LogP contribution in [0, 0.1) is 0 Å². The second-order valence-corrected chi connectivity index (χ2v) is 4.49. The summed E-state index contributed by atoms with van der Waals surface area (Å²) in [6.45, 7) is 5.24. The molecule has 18 heavy (non-hydrogen) atoms. The van der Waals surface area contributed by atoms with Crippen molar-refractivity contribution >= 4 is 5.97 Å². The number of hydrogen-bond donors (Lipinski definition) is 1. The van der Waals surface area contributed by atoms with Gasteiger partial charge in [0, 0.05) is 32.7 Å². The van der Waals surface area contributed by atoms with Gasteiger partial charge in [0.2, 0.25) is 0 Å². The Hall–Kier alpha value is -1.39. The van der Waals surface area contributed by atoms with Gasteiger partial charge in [-0.1, -0.05) is 30.3 Å². The van der Waals surface area contributed by atoms with Gasteiger partial charge in [-0.25, -0.2) is 0 Å². The molecule has 0 bridgehead atoms. The lowest BCUT2D eigenvalue weighted by atomic mass is 10.2. The SMILES string of the molecule is O=C(CCN1CCNCC1)OCc1ccccc1. The van der Waals surface area contributed by atoms with E-state index in [9.17, 15) is 4.79 Å². The van der Waals surface area contributed by atoms with Crippen molar-refractivity contribution in [3.63, 3.8) is 0 Å². The average molecular weight is 248 g/mol. The summed E-state index contributed by atoms with van der Waals surface area (Å²) in [7, 11) is 0. The lowest BCUT2D eigenvalue weighted by Gasteiger charge is -2.26. The summed E-state index contributed by atoms with van der Waals surface area (Å²) in [5.74, 6) is -0.114. The van der Waals surface area contributed by atoms with Crippen molar-refractivity contribution in [3.05, 3.63) is 35.9 Å². The molecule has 4 heteroatoms. The van der Waals surface area contributed by atoms with Gasteiger partial charge in [0.1, 0.15) is 6.61 Å². The molecule has 0 amide bonds. The largest absolute Gasteiger partial charge is 0.461 e. The molecule has 1 aromatic rings. The fourth-order valence-electron chi connectivity index (χ4n) is 1.99. The minimum absolute atomic E-state index is 0.114. The van der Waals surface area contributed by atoms with Gasteiger partial charge in [-0.3, -0.25) is 4.79 Å². The van der Waals surface area contributed by atoms with E-state index in [0.717, 1.165) is 38.3 Å². The van der Waals surface area contributed by atoms with E-state index in [0.29, 0.717) is 13.0 Å². The lowest BCUT2D eigenvalue weighted by molar-refractivity contribution is -0.145. The van der Waals surface area contributed by atoms with Crippen LogP contribution in [0.15, 0.2) is 30.3 Å². The standard InChI is InChI=1S/C14H20N2O2/c17-14(6-9-16-10-7-15-8-11-16)18-12-13-4-2-1-3-5-13/h1-5,15H,6-12H2. The molecule has 1 saturated heterocycles. The van der Waals surface area contributed by atoms with Crippen LogP contribution in [0.2, 0.25) is 0 Å². The summed E-state index contributed by atoms with van der Waals surface area (Å²) in [6, 6.07) is 9.77. The highest BCUT2D eigenvalue weighted by Gasteiger charge is 2.11. The van der Waals surface area contributed by atoms with Crippen LogP contribution < -0.4 is 5.32 Å². The first-order valence-electron chi connectivity index (χ1n) is 6.47. The molecule has 1 aromatic carbocycles. The van der Waals surface area contributed by atoms with Gasteiger partial charge >= 0.3 is 5.97 Å². The predicted molar refractivity (Wildman–Crippen MR) is 70.2 cm³/mol. The molecule has 0 saturated carbocycles. The van der Waals surface area contributed by atoms with Crippen molar-refractivity contribution in [3.8, 4) is 0 Å². The number of nitrogens with zero attached hydrogens (tertiary/aromatic N) is 1. The number of piperazine rings is 1. The molecule has 98 valence electrons. The minimum Gasteiger partial charge on any atom is -0.461 e. The van der Waals surface area contributed by atoms with Crippen LogP contribution >= 0.6 is 0 Å². The Morgan fingerprint density at radius 1 is 1.22 bits per heavy atom. The predicted octanol–water partition coefficient (Wildman–Crippen LogP) is 1.03. The molecular weight excluding hydrogens is 228 g/mol. The normalized spacial score (nSPS) is 16.4. The van der Waals surface area contributed by atoms with Gasteiger partial charge in [0.15, 0.2) is 0 Å². The highest BCUT2D eigenvalue weighted by atomic mass is 16.5. The molecule has 1 heterocycles. The Bertz CT molecular complexity index is 361. The van der Waals surface area contributed by atoms with E-state index in [2.05, 4.69) is 10.2 Å². The lowest BCUT2D eigenvalue weighted by Crippen LogP contribution is -2.44. The average Bonchev–Trinajstić information content (AvgIpc) is 2.45. The molecular formula is C14H20N2O2. The van der Waals surface area contributed by atoms with Crippen LogP contribution in [0.3, 0.4) is 0 Å². The first-order valence-corrected chi connectivity index (χ1v) is 6.47. The molecule has 1 aliphatic heterocycles. The van der Waals surface area contributed by atoms with Crippen LogP contribution in [0.4, 0.5) is 0 Å². The van der Waals surface area contributed by atoms with E-state index >= 15 is 0 Å². The Balaban J connectivity index is 1.63. The zero-order chi connectivity index (χ0) is 12.6. The zero-order valence-electron chi connectivity index (χ0n) is 10.6. The molecule has 2 rings (SSSR count). The Morgan fingerprint density at radius 3 is 2.67 bits per heavy atom. The maximum Gasteiger partial charge on any atom is 0.307 e. The third kappa shape index (κ3) is 4.47. The number of esters is 1. The van der Waals surface area contributed by atoms with Crippen molar-refractivity contribution < 1.29 is 9.53 Å². The van der Waals surface area contributed by atoms with E-state index in [1.165, 1.54) is 0 Å². The highest BCUT2D eigenvalue weighted by Crippen LogP contribution is 2.02. The third-order valence-electron chi connectivity index (χ3n) is 3.08. The zero-order valence-corrected chi connectivity index (χ0v) is 10.6. The maximum absolute atomic E-state index is 11.6. The molecule has 0 spiro atoms. The number of carbonyl (C=O) groups is 1. The molecule has 1 fully saturated rings. The Labute approximate surface area is 108 Å². The summed E-state index contributed by atoms with van der Waals surface area (Å²) < 4.78 is 5.24. The van der Waals surface area contributed by atoms with E-state index in [-0.39, 0.29) is 5.97 Å². The number of ether oxygens (including phenoxy) is 1. The minimum atomic E-state index is -0.114. The number of benzene rings is 1. The van der Waals surface area contributed by atoms with E-state index < -0.39 is 0 Å².